The second kappa shape index (κ2) is 6.68. The Kier molecular flexibility index (Phi) is 3.96. The van der Waals surface area contributed by atoms with Crippen LogP contribution in [-0.2, 0) is 19.9 Å². The van der Waals surface area contributed by atoms with Gasteiger partial charge in [0.1, 0.15) is 5.54 Å². The number of hydrogen-bond acceptors (Lipinski definition) is 4. The highest BCUT2D eigenvalue weighted by Crippen LogP contribution is 2.61. The molecular formula is C27H22ClN3O3. The van der Waals surface area contributed by atoms with E-state index in [-0.39, 0.29) is 23.8 Å². The van der Waals surface area contributed by atoms with E-state index in [9.17, 15) is 14.4 Å². The Morgan fingerprint density at radius 2 is 1.82 bits per heavy atom. The first-order valence-corrected chi connectivity index (χ1v) is 12.1. The van der Waals surface area contributed by atoms with Gasteiger partial charge in [-0.05, 0) is 55.5 Å². The molecule has 3 fully saturated rings. The standard InChI is InChI=1S/C27H22ClN3O3/c1-14-12-16(28)13-18-23(14)29-26(34)27(18)22-21(20-10-5-11-30(20)27)24(32)31(25(22)33)19-9-4-7-15-6-2-3-8-17(15)19/h2-4,6-9,12-13,20-22H,5,10-11H2,1H3,(H,29,34). The molecule has 34 heavy (non-hydrogen) atoms. The summed E-state index contributed by atoms with van der Waals surface area (Å²) in [4.78, 5) is 45.5. The average molecular weight is 472 g/mol. The zero-order valence-corrected chi connectivity index (χ0v) is 19.3. The van der Waals surface area contributed by atoms with Gasteiger partial charge in [0, 0.05) is 27.7 Å². The molecular weight excluding hydrogens is 450 g/mol. The van der Waals surface area contributed by atoms with E-state index < -0.39 is 17.4 Å². The summed E-state index contributed by atoms with van der Waals surface area (Å²) in [7, 11) is 0. The zero-order chi connectivity index (χ0) is 23.4. The lowest BCUT2D eigenvalue weighted by atomic mass is 9.75. The second-order valence-electron chi connectivity index (χ2n) is 9.78. The fourth-order valence-corrected chi connectivity index (χ4v) is 7.35. The summed E-state index contributed by atoms with van der Waals surface area (Å²) in [5.74, 6) is -2.09. The highest BCUT2D eigenvalue weighted by Gasteiger charge is 2.74. The number of benzene rings is 3. The van der Waals surface area contributed by atoms with Gasteiger partial charge in [-0.1, -0.05) is 48.0 Å². The van der Waals surface area contributed by atoms with E-state index in [0.29, 0.717) is 22.9 Å². The molecule has 3 aromatic carbocycles. The smallest absolute Gasteiger partial charge is 0.250 e. The van der Waals surface area contributed by atoms with Crippen molar-refractivity contribution in [1.29, 1.82) is 0 Å². The molecule has 0 aliphatic carbocycles. The quantitative estimate of drug-likeness (QED) is 0.539. The molecule has 1 N–H and O–H groups in total. The maximum absolute atomic E-state index is 14.2. The van der Waals surface area contributed by atoms with Gasteiger partial charge < -0.3 is 5.32 Å². The van der Waals surface area contributed by atoms with Crippen molar-refractivity contribution < 1.29 is 14.4 Å². The van der Waals surface area contributed by atoms with Crippen LogP contribution in [0, 0.1) is 18.8 Å². The molecule has 3 amide bonds. The van der Waals surface area contributed by atoms with Crippen LogP contribution in [0.3, 0.4) is 0 Å². The average Bonchev–Trinajstić information content (AvgIpc) is 3.53. The van der Waals surface area contributed by atoms with Crippen LogP contribution in [0.2, 0.25) is 5.02 Å². The molecule has 4 unspecified atom stereocenters. The molecule has 7 heteroatoms. The molecule has 7 rings (SSSR count). The maximum atomic E-state index is 14.2. The SMILES string of the molecule is Cc1cc(Cl)cc2c1NC(=O)C21C2C(=O)N(c3cccc4ccccc34)C(=O)C2C2CCCN21. The van der Waals surface area contributed by atoms with Crippen molar-refractivity contribution in [2.24, 2.45) is 11.8 Å². The Morgan fingerprint density at radius 1 is 1.03 bits per heavy atom. The van der Waals surface area contributed by atoms with E-state index in [4.69, 9.17) is 11.6 Å². The number of carbonyl (C=O) groups excluding carboxylic acids is 3. The van der Waals surface area contributed by atoms with Gasteiger partial charge in [-0.2, -0.15) is 0 Å². The lowest BCUT2D eigenvalue weighted by Crippen LogP contribution is -2.54. The summed E-state index contributed by atoms with van der Waals surface area (Å²) in [6.07, 6.45) is 1.67. The molecule has 0 bridgehead atoms. The van der Waals surface area contributed by atoms with Gasteiger partial charge in [0.25, 0.3) is 0 Å². The number of carbonyl (C=O) groups is 3. The van der Waals surface area contributed by atoms with Gasteiger partial charge in [0.2, 0.25) is 17.7 Å². The predicted molar refractivity (Wildman–Crippen MR) is 130 cm³/mol. The molecule has 1 spiro atoms. The molecule has 3 aromatic rings. The lowest BCUT2D eigenvalue weighted by Gasteiger charge is -2.36. The number of amides is 3. The monoisotopic (exact) mass is 471 g/mol. The topological polar surface area (TPSA) is 69.7 Å². The van der Waals surface area contributed by atoms with Crippen LogP contribution in [0.1, 0.15) is 24.0 Å². The summed E-state index contributed by atoms with van der Waals surface area (Å²) in [6.45, 7) is 2.58. The van der Waals surface area contributed by atoms with Gasteiger partial charge in [-0.15, -0.1) is 0 Å². The molecule has 0 saturated carbocycles. The van der Waals surface area contributed by atoms with Crippen molar-refractivity contribution in [3.63, 3.8) is 0 Å². The highest BCUT2D eigenvalue weighted by molar-refractivity contribution is 6.31. The maximum Gasteiger partial charge on any atom is 0.250 e. The van der Waals surface area contributed by atoms with Crippen molar-refractivity contribution >= 4 is 51.5 Å². The fraction of sp³-hybridized carbons (Fsp3) is 0.296. The highest BCUT2D eigenvalue weighted by atomic mass is 35.5. The number of nitrogens with zero attached hydrogens (tertiary/aromatic N) is 2. The molecule has 4 aliphatic rings. The molecule has 6 nitrogen and oxygen atoms in total. The van der Waals surface area contributed by atoms with E-state index in [1.807, 2.05) is 55.5 Å². The van der Waals surface area contributed by atoms with E-state index in [0.717, 1.165) is 34.7 Å². The third-order valence-electron chi connectivity index (χ3n) is 8.27. The van der Waals surface area contributed by atoms with Crippen LogP contribution in [0.5, 0.6) is 0 Å². The Bertz CT molecular complexity index is 1450. The molecule has 4 aliphatic heterocycles. The predicted octanol–water partition coefficient (Wildman–Crippen LogP) is 4.23. The molecule has 170 valence electrons. The van der Waals surface area contributed by atoms with E-state index >= 15 is 0 Å². The normalized spacial score (nSPS) is 29.8. The molecule has 0 radical (unpaired) electrons. The van der Waals surface area contributed by atoms with Gasteiger partial charge >= 0.3 is 0 Å². The van der Waals surface area contributed by atoms with Crippen LogP contribution in [-0.4, -0.2) is 35.2 Å². The number of rotatable bonds is 1. The van der Waals surface area contributed by atoms with Gasteiger partial charge in [0.15, 0.2) is 0 Å². The molecule has 4 heterocycles. The Labute approximate surface area is 201 Å². The number of nitrogens with one attached hydrogen (secondary N) is 1. The number of aryl methyl sites for hydroxylation is 1. The minimum absolute atomic E-state index is 0.155. The summed E-state index contributed by atoms with van der Waals surface area (Å²) in [6, 6.07) is 16.9. The third-order valence-corrected chi connectivity index (χ3v) is 8.49. The van der Waals surface area contributed by atoms with E-state index in [1.54, 1.807) is 6.07 Å². The zero-order valence-electron chi connectivity index (χ0n) is 18.5. The first kappa shape index (κ1) is 20.2. The van der Waals surface area contributed by atoms with Crippen LogP contribution in [0.25, 0.3) is 10.8 Å². The Hall–Kier alpha value is -3.22. The summed E-state index contributed by atoms with van der Waals surface area (Å²) < 4.78 is 0. The van der Waals surface area contributed by atoms with Gasteiger partial charge in [0.05, 0.1) is 17.5 Å². The minimum atomic E-state index is -1.22. The van der Waals surface area contributed by atoms with Gasteiger partial charge in [-0.25, -0.2) is 4.90 Å². The van der Waals surface area contributed by atoms with Crippen molar-refractivity contribution in [2.75, 3.05) is 16.8 Å². The molecule has 3 saturated heterocycles. The van der Waals surface area contributed by atoms with Crippen molar-refractivity contribution in [1.82, 2.24) is 4.90 Å². The largest absolute Gasteiger partial charge is 0.324 e. The van der Waals surface area contributed by atoms with Crippen LogP contribution >= 0.6 is 11.6 Å². The minimum Gasteiger partial charge on any atom is -0.324 e. The van der Waals surface area contributed by atoms with Crippen LogP contribution in [0.15, 0.2) is 54.6 Å². The first-order valence-electron chi connectivity index (χ1n) is 11.7. The van der Waals surface area contributed by atoms with Crippen molar-refractivity contribution in [3.8, 4) is 0 Å². The Balaban J connectivity index is 1.47. The number of hydrogen-bond donors (Lipinski definition) is 1. The molecule has 4 atom stereocenters. The summed E-state index contributed by atoms with van der Waals surface area (Å²) >= 11 is 6.46. The summed E-state index contributed by atoms with van der Waals surface area (Å²) in [5.41, 5.74) is 1.66. The first-order chi connectivity index (χ1) is 16.4. The van der Waals surface area contributed by atoms with Crippen molar-refractivity contribution in [2.45, 2.75) is 31.3 Å². The van der Waals surface area contributed by atoms with Crippen LogP contribution in [0.4, 0.5) is 11.4 Å². The van der Waals surface area contributed by atoms with Crippen molar-refractivity contribution in [3.05, 3.63) is 70.7 Å². The second-order valence-corrected chi connectivity index (χ2v) is 10.2. The number of halogens is 1. The number of fused-ring (bicyclic) bond motifs is 8. The number of anilines is 2. The number of imide groups is 1. The van der Waals surface area contributed by atoms with E-state index in [1.165, 1.54) is 4.90 Å². The third kappa shape index (κ3) is 2.23. The molecule has 0 aromatic heterocycles. The fourth-order valence-electron chi connectivity index (χ4n) is 7.08. The summed E-state index contributed by atoms with van der Waals surface area (Å²) in [5, 5.41) is 5.38. The Morgan fingerprint density at radius 3 is 2.68 bits per heavy atom. The van der Waals surface area contributed by atoms with E-state index in [2.05, 4.69) is 10.2 Å². The van der Waals surface area contributed by atoms with Gasteiger partial charge in [-0.3, -0.25) is 19.3 Å². The van der Waals surface area contributed by atoms with Crippen LogP contribution < -0.4 is 10.2 Å². The lowest BCUT2D eigenvalue weighted by molar-refractivity contribution is -0.135.